The molecule has 0 fully saturated rings. The van der Waals surface area contributed by atoms with Crippen molar-refractivity contribution in [3.05, 3.63) is 59.9 Å². The second-order valence-corrected chi connectivity index (χ2v) is 4.83. The molecule has 0 radical (unpaired) electrons. The molecule has 4 nitrogen and oxygen atoms in total. The minimum absolute atomic E-state index is 0.118. The van der Waals surface area contributed by atoms with E-state index in [0.717, 1.165) is 12.0 Å². The Balaban J connectivity index is 1.70. The van der Waals surface area contributed by atoms with E-state index in [2.05, 4.69) is 10.6 Å². The highest BCUT2D eigenvalue weighted by molar-refractivity contribution is 5.92. The molecule has 116 valence electrons. The average Bonchev–Trinajstić information content (AvgIpc) is 2.53. The van der Waals surface area contributed by atoms with E-state index >= 15 is 0 Å². The highest BCUT2D eigenvalue weighted by atomic mass is 19.1. The van der Waals surface area contributed by atoms with E-state index in [9.17, 15) is 9.18 Å². The minimum Gasteiger partial charge on any atom is -0.497 e. The second kappa shape index (κ2) is 8.14. The normalized spacial score (nSPS) is 10.3. The monoisotopic (exact) mass is 302 g/mol. The van der Waals surface area contributed by atoms with Gasteiger partial charge in [-0.15, -0.1) is 0 Å². The first-order chi connectivity index (χ1) is 10.7. The van der Waals surface area contributed by atoms with Gasteiger partial charge in [0.15, 0.2) is 0 Å². The van der Waals surface area contributed by atoms with Gasteiger partial charge < -0.3 is 15.4 Å². The van der Waals surface area contributed by atoms with Gasteiger partial charge in [-0.1, -0.05) is 18.2 Å². The number of benzene rings is 2. The lowest BCUT2D eigenvalue weighted by Gasteiger charge is -2.08. The lowest BCUT2D eigenvalue weighted by Crippen LogP contribution is -2.29. The first kappa shape index (κ1) is 16.0. The van der Waals surface area contributed by atoms with Crippen molar-refractivity contribution in [3.8, 4) is 5.75 Å². The zero-order valence-electron chi connectivity index (χ0n) is 12.4. The maximum absolute atomic E-state index is 12.8. The molecule has 0 bridgehead atoms. The molecule has 0 aliphatic rings. The Hall–Kier alpha value is -2.40. The molecule has 22 heavy (non-hydrogen) atoms. The zero-order valence-corrected chi connectivity index (χ0v) is 12.4. The Bertz CT molecular complexity index is 614. The third-order valence-corrected chi connectivity index (χ3v) is 3.14. The van der Waals surface area contributed by atoms with Crippen molar-refractivity contribution in [3.63, 3.8) is 0 Å². The molecule has 0 saturated carbocycles. The molecule has 0 saturated heterocycles. The van der Waals surface area contributed by atoms with Crippen LogP contribution in [0.4, 0.5) is 10.1 Å². The number of amides is 1. The standard InChI is InChI=1S/C17H19FN2O2/c1-22-16-4-2-3-15(11-16)20-17(21)12-19-10-9-13-5-7-14(18)8-6-13/h2-8,11,19H,9-10,12H2,1H3,(H,20,21). The molecule has 2 aromatic rings. The van der Waals surface area contributed by atoms with Crippen molar-refractivity contribution in [2.75, 3.05) is 25.5 Å². The van der Waals surface area contributed by atoms with E-state index in [-0.39, 0.29) is 18.3 Å². The van der Waals surface area contributed by atoms with Crippen LogP contribution in [0, 0.1) is 5.82 Å². The highest BCUT2D eigenvalue weighted by Crippen LogP contribution is 2.16. The van der Waals surface area contributed by atoms with E-state index < -0.39 is 0 Å². The first-order valence-electron chi connectivity index (χ1n) is 7.06. The number of anilines is 1. The van der Waals surface area contributed by atoms with Crippen LogP contribution in [0.5, 0.6) is 5.75 Å². The number of methoxy groups -OCH3 is 1. The van der Waals surface area contributed by atoms with Gasteiger partial charge in [0.1, 0.15) is 11.6 Å². The average molecular weight is 302 g/mol. The van der Waals surface area contributed by atoms with Gasteiger partial charge in [-0.25, -0.2) is 4.39 Å². The van der Waals surface area contributed by atoms with Crippen LogP contribution in [0.1, 0.15) is 5.56 Å². The Labute approximate surface area is 129 Å². The fraction of sp³-hybridized carbons (Fsp3) is 0.235. The van der Waals surface area contributed by atoms with Crippen LogP contribution in [0.3, 0.4) is 0 Å². The van der Waals surface area contributed by atoms with Gasteiger partial charge in [-0.3, -0.25) is 4.79 Å². The fourth-order valence-corrected chi connectivity index (χ4v) is 1.99. The summed E-state index contributed by atoms with van der Waals surface area (Å²) in [7, 11) is 1.58. The number of carbonyl (C=O) groups excluding carboxylic acids is 1. The molecule has 0 spiro atoms. The summed E-state index contributed by atoms with van der Waals surface area (Å²) in [5.41, 5.74) is 1.73. The molecule has 1 amide bonds. The van der Waals surface area contributed by atoms with Crippen molar-refractivity contribution < 1.29 is 13.9 Å². The van der Waals surface area contributed by atoms with E-state index in [1.165, 1.54) is 12.1 Å². The summed E-state index contributed by atoms with van der Waals surface area (Å²) in [6.45, 7) is 0.871. The summed E-state index contributed by atoms with van der Waals surface area (Å²) < 4.78 is 17.9. The molecule has 0 heterocycles. The molecule has 0 aliphatic carbocycles. The SMILES string of the molecule is COc1cccc(NC(=O)CNCCc2ccc(F)cc2)c1. The lowest BCUT2D eigenvalue weighted by atomic mass is 10.1. The van der Waals surface area contributed by atoms with Crippen LogP contribution in [0.2, 0.25) is 0 Å². The fourth-order valence-electron chi connectivity index (χ4n) is 1.99. The summed E-state index contributed by atoms with van der Waals surface area (Å²) in [6.07, 6.45) is 0.743. The molecular formula is C17H19FN2O2. The topological polar surface area (TPSA) is 50.4 Å². The second-order valence-electron chi connectivity index (χ2n) is 4.83. The molecule has 5 heteroatoms. The molecular weight excluding hydrogens is 283 g/mol. The first-order valence-corrected chi connectivity index (χ1v) is 7.06. The number of halogens is 1. The van der Waals surface area contributed by atoms with Crippen LogP contribution in [-0.4, -0.2) is 26.1 Å². The van der Waals surface area contributed by atoms with Gasteiger partial charge in [-0.05, 0) is 42.8 Å². The largest absolute Gasteiger partial charge is 0.497 e. The third-order valence-electron chi connectivity index (χ3n) is 3.14. The Morgan fingerprint density at radius 2 is 1.95 bits per heavy atom. The molecule has 2 aromatic carbocycles. The van der Waals surface area contributed by atoms with E-state index in [4.69, 9.17) is 4.74 Å². The van der Waals surface area contributed by atoms with Crippen LogP contribution in [0.15, 0.2) is 48.5 Å². The summed E-state index contributed by atoms with van der Waals surface area (Å²) in [5.74, 6) is 0.337. The maximum atomic E-state index is 12.8. The van der Waals surface area contributed by atoms with Crippen LogP contribution >= 0.6 is 0 Å². The van der Waals surface area contributed by atoms with Gasteiger partial charge in [0.25, 0.3) is 0 Å². The van der Waals surface area contributed by atoms with E-state index in [1.807, 2.05) is 12.1 Å². The van der Waals surface area contributed by atoms with E-state index in [1.54, 1.807) is 31.4 Å². The van der Waals surface area contributed by atoms with Crippen molar-refractivity contribution in [1.82, 2.24) is 5.32 Å². The quantitative estimate of drug-likeness (QED) is 0.773. The Morgan fingerprint density at radius 3 is 2.68 bits per heavy atom. The molecule has 0 unspecified atom stereocenters. The molecule has 0 atom stereocenters. The summed E-state index contributed by atoms with van der Waals surface area (Å²) in [5, 5.41) is 5.85. The smallest absolute Gasteiger partial charge is 0.238 e. The van der Waals surface area contributed by atoms with E-state index in [0.29, 0.717) is 18.0 Å². The van der Waals surface area contributed by atoms with Gasteiger partial charge in [0.2, 0.25) is 5.91 Å². The number of carbonyl (C=O) groups is 1. The number of rotatable bonds is 7. The van der Waals surface area contributed by atoms with Crippen molar-refractivity contribution in [1.29, 1.82) is 0 Å². The zero-order chi connectivity index (χ0) is 15.8. The number of ether oxygens (including phenoxy) is 1. The summed E-state index contributed by atoms with van der Waals surface area (Å²) in [6, 6.07) is 13.6. The Kier molecular flexibility index (Phi) is 5.91. The predicted molar refractivity (Wildman–Crippen MR) is 84.6 cm³/mol. The van der Waals surface area contributed by atoms with Crippen LogP contribution in [-0.2, 0) is 11.2 Å². The van der Waals surface area contributed by atoms with Crippen molar-refractivity contribution in [2.24, 2.45) is 0 Å². The third kappa shape index (κ3) is 5.18. The maximum Gasteiger partial charge on any atom is 0.238 e. The van der Waals surface area contributed by atoms with Gasteiger partial charge in [0.05, 0.1) is 13.7 Å². The van der Waals surface area contributed by atoms with Crippen molar-refractivity contribution >= 4 is 11.6 Å². The molecule has 0 aromatic heterocycles. The predicted octanol–water partition coefficient (Wildman–Crippen LogP) is 2.61. The molecule has 2 N–H and O–H groups in total. The molecule has 2 rings (SSSR count). The van der Waals surface area contributed by atoms with Crippen LogP contribution < -0.4 is 15.4 Å². The van der Waals surface area contributed by atoms with Crippen LogP contribution in [0.25, 0.3) is 0 Å². The van der Waals surface area contributed by atoms with Gasteiger partial charge >= 0.3 is 0 Å². The Morgan fingerprint density at radius 1 is 1.18 bits per heavy atom. The van der Waals surface area contributed by atoms with Crippen molar-refractivity contribution in [2.45, 2.75) is 6.42 Å². The number of nitrogens with one attached hydrogen (secondary N) is 2. The number of hydrogen-bond acceptors (Lipinski definition) is 3. The van der Waals surface area contributed by atoms with Gasteiger partial charge in [0, 0.05) is 11.8 Å². The summed E-state index contributed by atoms with van der Waals surface area (Å²) in [4.78, 5) is 11.8. The van der Waals surface area contributed by atoms with Gasteiger partial charge in [-0.2, -0.15) is 0 Å². The minimum atomic E-state index is -0.241. The number of hydrogen-bond donors (Lipinski definition) is 2. The lowest BCUT2D eigenvalue weighted by molar-refractivity contribution is -0.115. The molecule has 0 aliphatic heterocycles. The highest BCUT2D eigenvalue weighted by Gasteiger charge is 2.03. The summed E-state index contributed by atoms with van der Waals surface area (Å²) >= 11 is 0.